The standard InChI is InChI=1S/C13H6N2O4/c16-6-14-10-2-1-8-5-12(15-7-17)11(13(18)19)4-9(8)3-10/h1-5H,(H,18,19). The molecule has 0 aliphatic carbocycles. The van der Waals surface area contributed by atoms with Crippen LogP contribution in [0.5, 0.6) is 0 Å². The summed E-state index contributed by atoms with van der Waals surface area (Å²) in [7, 11) is 0. The maximum atomic E-state index is 11.1. The van der Waals surface area contributed by atoms with Crippen LogP contribution in [0.4, 0.5) is 11.4 Å². The van der Waals surface area contributed by atoms with Crippen molar-refractivity contribution in [2.45, 2.75) is 0 Å². The maximum Gasteiger partial charge on any atom is 0.337 e. The number of hydrogen-bond acceptors (Lipinski definition) is 5. The summed E-state index contributed by atoms with van der Waals surface area (Å²) in [5.41, 5.74) is 0.273. The van der Waals surface area contributed by atoms with Gasteiger partial charge in [0.1, 0.15) is 0 Å². The molecule has 0 aliphatic heterocycles. The van der Waals surface area contributed by atoms with Crippen LogP contribution in [-0.4, -0.2) is 23.2 Å². The van der Waals surface area contributed by atoms with Crippen LogP contribution < -0.4 is 0 Å². The highest BCUT2D eigenvalue weighted by Crippen LogP contribution is 2.28. The predicted molar refractivity (Wildman–Crippen MR) is 66.5 cm³/mol. The zero-order valence-corrected chi connectivity index (χ0v) is 9.45. The van der Waals surface area contributed by atoms with Crippen LogP contribution in [0.15, 0.2) is 40.3 Å². The van der Waals surface area contributed by atoms with Gasteiger partial charge in [0.15, 0.2) is 0 Å². The minimum atomic E-state index is -1.21. The van der Waals surface area contributed by atoms with Crippen LogP contribution in [0.25, 0.3) is 10.8 Å². The topological polar surface area (TPSA) is 96.2 Å². The lowest BCUT2D eigenvalue weighted by atomic mass is 10.0. The second-order valence-corrected chi connectivity index (χ2v) is 3.61. The van der Waals surface area contributed by atoms with Gasteiger partial charge in [-0.25, -0.2) is 14.4 Å². The first-order valence-electron chi connectivity index (χ1n) is 5.12. The highest BCUT2D eigenvalue weighted by molar-refractivity contribution is 6.01. The van der Waals surface area contributed by atoms with Crippen LogP contribution in [0.2, 0.25) is 0 Å². The monoisotopic (exact) mass is 254 g/mol. The molecule has 6 nitrogen and oxygen atoms in total. The third-order valence-electron chi connectivity index (χ3n) is 2.51. The molecule has 0 saturated carbocycles. The van der Waals surface area contributed by atoms with Crippen molar-refractivity contribution in [1.29, 1.82) is 0 Å². The number of carbonyl (C=O) groups excluding carboxylic acids is 2. The first-order valence-corrected chi connectivity index (χ1v) is 5.12. The Hall–Kier alpha value is -3.07. The lowest BCUT2D eigenvalue weighted by molar-refractivity contribution is 0.0698. The first kappa shape index (κ1) is 12.4. The van der Waals surface area contributed by atoms with Crippen LogP contribution in [0.3, 0.4) is 0 Å². The second kappa shape index (κ2) is 5.06. The molecule has 1 N–H and O–H groups in total. The lowest BCUT2D eigenvalue weighted by Crippen LogP contribution is -1.96. The summed E-state index contributed by atoms with van der Waals surface area (Å²) in [4.78, 5) is 38.4. The molecule has 0 amide bonds. The fourth-order valence-electron chi connectivity index (χ4n) is 1.71. The molecule has 0 unspecified atom stereocenters. The van der Waals surface area contributed by atoms with Crippen molar-refractivity contribution in [3.05, 3.63) is 35.9 Å². The van der Waals surface area contributed by atoms with E-state index in [0.717, 1.165) is 0 Å². The number of benzene rings is 2. The Kier molecular flexibility index (Phi) is 3.30. The van der Waals surface area contributed by atoms with Gasteiger partial charge in [-0.05, 0) is 35.0 Å². The summed E-state index contributed by atoms with van der Waals surface area (Å²) < 4.78 is 0. The summed E-state index contributed by atoms with van der Waals surface area (Å²) >= 11 is 0. The number of rotatable bonds is 3. The summed E-state index contributed by atoms with van der Waals surface area (Å²) in [6, 6.07) is 7.57. The molecule has 0 aliphatic rings. The van der Waals surface area contributed by atoms with Gasteiger partial charge >= 0.3 is 5.97 Å². The second-order valence-electron chi connectivity index (χ2n) is 3.61. The summed E-state index contributed by atoms with van der Waals surface area (Å²) in [6.45, 7) is 0. The zero-order valence-electron chi connectivity index (χ0n) is 9.45. The minimum Gasteiger partial charge on any atom is -0.478 e. The smallest absolute Gasteiger partial charge is 0.337 e. The number of fused-ring (bicyclic) bond motifs is 1. The van der Waals surface area contributed by atoms with E-state index in [4.69, 9.17) is 5.11 Å². The Labute approximate surface area is 106 Å². The van der Waals surface area contributed by atoms with E-state index < -0.39 is 5.97 Å². The summed E-state index contributed by atoms with van der Waals surface area (Å²) in [5.74, 6) is -1.21. The molecular formula is C13H6N2O4. The molecule has 6 heteroatoms. The van der Waals surface area contributed by atoms with E-state index in [-0.39, 0.29) is 11.3 Å². The quantitative estimate of drug-likeness (QED) is 0.672. The van der Waals surface area contributed by atoms with E-state index in [0.29, 0.717) is 16.5 Å². The molecule has 0 aromatic heterocycles. The highest BCUT2D eigenvalue weighted by atomic mass is 16.4. The molecule has 2 aromatic carbocycles. The van der Waals surface area contributed by atoms with Gasteiger partial charge in [-0.15, -0.1) is 0 Å². The molecule has 2 aromatic rings. The number of nitrogens with zero attached hydrogens (tertiary/aromatic N) is 2. The van der Waals surface area contributed by atoms with Gasteiger partial charge in [-0.3, -0.25) is 0 Å². The Balaban J connectivity index is 2.76. The van der Waals surface area contributed by atoms with Crippen molar-refractivity contribution in [3.63, 3.8) is 0 Å². The van der Waals surface area contributed by atoms with E-state index in [1.807, 2.05) is 0 Å². The van der Waals surface area contributed by atoms with Crippen LogP contribution in [-0.2, 0) is 9.59 Å². The van der Waals surface area contributed by atoms with Crippen LogP contribution >= 0.6 is 0 Å². The van der Waals surface area contributed by atoms with Gasteiger partial charge in [0, 0.05) is 0 Å². The number of aliphatic imine (C=N–C) groups is 2. The van der Waals surface area contributed by atoms with E-state index in [1.165, 1.54) is 24.3 Å². The minimum absolute atomic E-state index is 0.0293. The zero-order chi connectivity index (χ0) is 13.8. The van der Waals surface area contributed by atoms with E-state index >= 15 is 0 Å². The number of carboxylic acid groups (broad SMARTS) is 1. The predicted octanol–water partition coefficient (Wildman–Crippen LogP) is 2.47. The number of isocyanates is 2. The molecule has 2 rings (SSSR count). The van der Waals surface area contributed by atoms with Crippen molar-refractivity contribution in [3.8, 4) is 0 Å². The van der Waals surface area contributed by atoms with Gasteiger partial charge < -0.3 is 5.11 Å². The largest absolute Gasteiger partial charge is 0.478 e. The Morgan fingerprint density at radius 1 is 1.00 bits per heavy atom. The van der Waals surface area contributed by atoms with Gasteiger partial charge in [-0.2, -0.15) is 9.98 Å². The average molecular weight is 254 g/mol. The maximum absolute atomic E-state index is 11.1. The van der Waals surface area contributed by atoms with Crippen LogP contribution in [0, 0.1) is 0 Å². The summed E-state index contributed by atoms with van der Waals surface area (Å²) in [5, 5.41) is 10.3. The third kappa shape index (κ3) is 2.45. The van der Waals surface area contributed by atoms with Crippen molar-refractivity contribution in [2.75, 3.05) is 0 Å². The molecular weight excluding hydrogens is 248 g/mol. The van der Waals surface area contributed by atoms with Gasteiger partial charge in [0.25, 0.3) is 0 Å². The molecule has 0 spiro atoms. The molecule has 0 saturated heterocycles. The SMILES string of the molecule is O=C=Nc1ccc2cc(N=C=O)c(C(=O)O)cc2c1. The number of carbonyl (C=O) groups is 1. The Morgan fingerprint density at radius 2 is 1.74 bits per heavy atom. The highest BCUT2D eigenvalue weighted by Gasteiger charge is 2.11. The van der Waals surface area contributed by atoms with Gasteiger partial charge in [0.2, 0.25) is 12.2 Å². The molecule has 0 fully saturated rings. The molecule has 0 bridgehead atoms. The van der Waals surface area contributed by atoms with Crippen molar-refractivity contribution < 1.29 is 19.5 Å². The van der Waals surface area contributed by atoms with Crippen LogP contribution in [0.1, 0.15) is 10.4 Å². The van der Waals surface area contributed by atoms with Gasteiger partial charge in [0.05, 0.1) is 16.9 Å². The fraction of sp³-hybridized carbons (Fsp3) is 0. The lowest BCUT2D eigenvalue weighted by Gasteiger charge is -2.04. The van der Waals surface area contributed by atoms with Crippen molar-refractivity contribution >= 4 is 40.3 Å². The number of hydrogen-bond donors (Lipinski definition) is 1. The fourth-order valence-corrected chi connectivity index (χ4v) is 1.71. The first-order chi connectivity index (χ1) is 9.15. The van der Waals surface area contributed by atoms with Gasteiger partial charge in [-0.1, -0.05) is 6.07 Å². The molecule has 0 radical (unpaired) electrons. The molecule has 0 heterocycles. The summed E-state index contributed by atoms with van der Waals surface area (Å²) in [6.07, 6.45) is 2.72. The number of aromatic carboxylic acids is 1. The Morgan fingerprint density at radius 3 is 2.37 bits per heavy atom. The molecule has 19 heavy (non-hydrogen) atoms. The average Bonchev–Trinajstić information content (AvgIpc) is 2.38. The third-order valence-corrected chi connectivity index (χ3v) is 2.51. The number of carboxylic acids is 1. The molecule has 92 valence electrons. The van der Waals surface area contributed by atoms with Crippen molar-refractivity contribution in [1.82, 2.24) is 0 Å². The molecule has 0 atom stereocenters. The normalized spacial score (nSPS) is 9.47. The van der Waals surface area contributed by atoms with Crippen molar-refractivity contribution in [2.24, 2.45) is 9.98 Å². The van der Waals surface area contributed by atoms with E-state index in [1.54, 1.807) is 18.2 Å². The Bertz CT molecular complexity index is 770. The van der Waals surface area contributed by atoms with E-state index in [2.05, 4.69) is 9.98 Å². The van der Waals surface area contributed by atoms with E-state index in [9.17, 15) is 14.4 Å².